The lowest BCUT2D eigenvalue weighted by Gasteiger charge is -2.39. The van der Waals surface area contributed by atoms with Crippen LogP contribution < -0.4 is 0 Å². The van der Waals surface area contributed by atoms with E-state index in [1.807, 2.05) is 6.08 Å². The first-order chi connectivity index (χ1) is 6.58. The fraction of sp³-hybridized carbons (Fsp3) is 0.727. The zero-order chi connectivity index (χ0) is 10.3. The topological polar surface area (TPSA) is 26.3 Å². The summed E-state index contributed by atoms with van der Waals surface area (Å²) in [4.78, 5) is 11.5. The normalized spacial score (nSPS) is 35.9. The van der Waals surface area contributed by atoms with Crippen LogP contribution in [0.2, 0.25) is 0 Å². The summed E-state index contributed by atoms with van der Waals surface area (Å²) in [5.41, 5.74) is 0. The summed E-state index contributed by atoms with van der Waals surface area (Å²) in [7, 11) is 0. The van der Waals surface area contributed by atoms with Crippen molar-refractivity contribution >= 4 is 21.9 Å². The molecule has 0 saturated carbocycles. The molecule has 2 nitrogen and oxygen atoms in total. The number of ether oxygens (including phenoxy) is 1. The van der Waals surface area contributed by atoms with Crippen molar-refractivity contribution in [2.75, 3.05) is 0 Å². The second-order valence-corrected chi connectivity index (χ2v) is 5.54. The molecular formula is C11H15BrO2. The first kappa shape index (κ1) is 10.2. The number of esters is 1. The minimum atomic E-state index is -0.0323. The van der Waals surface area contributed by atoms with Crippen LogP contribution in [0.1, 0.15) is 26.7 Å². The van der Waals surface area contributed by atoms with Gasteiger partial charge in [-0.15, -0.1) is 0 Å². The number of carbonyl (C=O) groups excluding carboxylic acids is 1. The van der Waals surface area contributed by atoms with E-state index in [4.69, 9.17) is 4.74 Å². The molecule has 0 N–H and O–H groups in total. The summed E-state index contributed by atoms with van der Waals surface area (Å²) in [5.74, 6) is 1.11. The van der Waals surface area contributed by atoms with Gasteiger partial charge in [-0.1, -0.05) is 35.9 Å². The molecule has 0 aromatic rings. The van der Waals surface area contributed by atoms with Crippen molar-refractivity contribution in [2.24, 2.45) is 17.8 Å². The quantitative estimate of drug-likeness (QED) is 0.713. The van der Waals surface area contributed by atoms with Crippen molar-refractivity contribution in [2.45, 2.75) is 32.8 Å². The molecule has 3 rings (SSSR count). The Kier molecular flexibility index (Phi) is 2.69. The summed E-state index contributed by atoms with van der Waals surface area (Å²) in [6.45, 7) is 4.40. The molecule has 3 heteroatoms. The molecule has 3 aliphatic rings. The molecule has 0 amide bonds. The molecule has 14 heavy (non-hydrogen) atoms. The lowest BCUT2D eigenvalue weighted by atomic mass is 9.76. The smallest absolute Gasteiger partial charge is 0.313 e. The Balaban J connectivity index is 2.15. The first-order valence-corrected chi connectivity index (χ1v) is 5.95. The molecule has 78 valence electrons. The van der Waals surface area contributed by atoms with Crippen LogP contribution in [0.15, 0.2) is 10.6 Å². The van der Waals surface area contributed by atoms with Crippen LogP contribution >= 0.6 is 15.9 Å². The minimum Gasteiger partial charge on any atom is -0.456 e. The van der Waals surface area contributed by atoms with Crippen LogP contribution in [0.3, 0.4) is 0 Å². The molecule has 3 atom stereocenters. The highest BCUT2D eigenvalue weighted by atomic mass is 79.9. The number of halogens is 1. The third-order valence-electron chi connectivity index (χ3n) is 2.98. The van der Waals surface area contributed by atoms with E-state index >= 15 is 0 Å². The van der Waals surface area contributed by atoms with Crippen LogP contribution in [0, 0.1) is 17.8 Å². The van der Waals surface area contributed by atoms with Crippen LogP contribution in [0.5, 0.6) is 0 Å². The zero-order valence-corrected chi connectivity index (χ0v) is 10.1. The van der Waals surface area contributed by atoms with Crippen LogP contribution in [-0.2, 0) is 9.53 Å². The molecule has 1 fully saturated rings. The van der Waals surface area contributed by atoms with Gasteiger partial charge in [-0.3, -0.25) is 4.79 Å². The lowest BCUT2D eigenvalue weighted by molar-refractivity contribution is -0.161. The van der Waals surface area contributed by atoms with Gasteiger partial charge in [0.2, 0.25) is 0 Å². The average Bonchev–Trinajstić information content (AvgIpc) is 2.07. The van der Waals surface area contributed by atoms with Crippen molar-refractivity contribution in [3.05, 3.63) is 10.6 Å². The summed E-state index contributed by atoms with van der Waals surface area (Å²) in [6.07, 6.45) is 4.14. The predicted octanol–water partition coefficient (Wildman–Crippen LogP) is 2.87. The van der Waals surface area contributed by atoms with E-state index in [2.05, 4.69) is 29.8 Å². The predicted molar refractivity (Wildman–Crippen MR) is 57.9 cm³/mol. The van der Waals surface area contributed by atoms with Crippen LogP contribution in [0.4, 0.5) is 0 Å². The molecule has 1 aliphatic carbocycles. The van der Waals surface area contributed by atoms with Gasteiger partial charge >= 0.3 is 5.97 Å². The molecule has 0 unspecified atom stereocenters. The van der Waals surface area contributed by atoms with Gasteiger partial charge in [-0.2, -0.15) is 0 Å². The van der Waals surface area contributed by atoms with Gasteiger partial charge in [-0.25, -0.2) is 0 Å². The van der Waals surface area contributed by atoms with Crippen molar-refractivity contribution in [1.82, 2.24) is 0 Å². The third kappa shape index (κ3) is 1.74. The fourth-order valence-electron chi connectivity index (χ4n) is 2.38. The molecule has 0 spiro atoms. The Morgan fingerprint density at radius 2 is 2.36 bits per heavy atom. The van der Waals surface area contributed by atoms with E-state index in [-0.39, 0.29) is 18.0 Å². The van der Waals surface area contributed by atoms with Gasteiger partial charge in [-0.05, 0) is 24.7 Å². The molecule has 0 aromatic carbocycles. The fourth-order valence-corrected chi connectivity index (χ4v) is 2.95. The SMILES string of the molecule is CC(C)C[C@@H]1C[C@@H]2OC(=O)[C@H]1C=C2Br. The summed E-state index contributed by atoms with van der Waals surface area (Å²) < 4.78 is 6.31. The summed E-state index contributed by atoms with van der Waals surface area (Å²) in [6, 6.07) is 0. The van der Waals surface area contributed by atoms with Gasteiger partial charge in [0, 0.05) is 4.48 Å². The molecule has 0 radical (unpaired) electrons. The zero-order valence-electron chi connectivity index (χ0n) is 8.50. The highest BCUT2D eigenvalue weighted by molar-refractivity contribution is 9.11. The van der Waals surface area contributed by atoms with E-state index in [1.165, 1.54) is 0 Å². The van der Waals surface area contributed by atoms with Gasteiger partial charge in [0.25, 0.3) is 0 Å². The van der Waals surface area contributed by atoms with E-state index in [9.17, 15) is 4.79 Å². The molecule has 1 saturated heterocycles. The highest BCUT2D eigenvalue weighted by Gasteiger charge is 2.42. The first-order valence-electron chi connectivity index (χ1n) is 5.15. The number of hydrogen-bond donors (Lipinski definition) is 0. The Morgan fingerprint density at radius 1 is 1.64 bits per heavy atom. The number of carbonyl (C=O) groups is 1. The standard InChI is InChI=1S/C11H15BrO2/c1-6(2)3-7-4-10-9(12)5-8(7)11(13)14-10/h5-8,10H,3-4H2,1-2H3/t7-,8+,10+/m1/s1. The number of hydrogen-bond acceptors (Lipinski definition) is 2. The Bertz CT molecular complexity index is 283. The van der Waals surface area contributed by atoms with Crippen molar-refractivity contribution < 1.29 is 9.53 Å². The Morgan fingerprint density at radius 3 is 2.93 bits per heavy atom. The summed E-state index contributed by atoms with van der Waals surface area (Å²) in [5, 5.41) is 0. The van der Waals surface area contributed by atoms with Crippen molar-refractivity contribution in [1.29, 1.82) is 0 Å². The summed E-state index contributed by atoms with van der Waals surface area (Å²) >= 11 is 3.45. The monoisotopic (exact) mass is 258 g/mol. The van der Waals surface area contributed by atoms with Crippen LogP contribution in [-0.4, -0.2) is 12.1 Å². The lowest BCUT2D eigenvalue weighted by Crippen LogP contribution is -2.42. The largest absolute Gasteiger partial charge is 0.456 e. The van der Waals surface area contributed by atoms with Gasteiger partial charge < -0.3 is 4.74 Å². The van der Waals surface area contributed by atoms with Crippen molar-refractivity contribution in [3.8, 4) is 0 Å². The minimum absolute atomic E-state index is 0.00299. The van der Waals surface area contributed by atoms with Gasteiger partial charge in [0.1, 0.15) is 6.10 Å². The highest BCUT2D eigenvalue weighted by Crippen LogP contribution is 2.42. The van der Waals surface area contributed by atoms with Gasteiger partial charge in [0.05, 0.1) is 5.92 Å². The average molecular weight is 259 g/mol. The Labute approximate surface area is 92.8 Å². The maximum absolute atomic E-state index is 11.5. The second-order valence-electron chi connectivity index (χ2n) is 4.63. The second kappa shape index (κ2) is 3.69. The number of fused-ring (bicyclic) bond motifs is 2. The van der Waals surface area contributed by atoms with E-state index < -0.39 is 0 Å². The molecular weight excluding hydrogens is 244 g/mol. The molecule has 2 heterocycles. The number of rotatable bonds is 2. The van der Waals surface area contributed by atoms with Crippen molar-refractivity contribution in [3.63, 3.8) is 0 Å². The molecule has 0 aromatic heterocycles. The maximum Gasteiger partial charge on any atom is 0.313 e. The van der Waals surface area contributed by atoms with E-state index in [1.54, 1.807) is 0 Å². The molecule has 2 bridgehead atoms. The van der Waals surface area contributed by atoms with Gasteiger partial charge in [0.15, 0.2) is 0 Å². The van der Waals surface area contributed by atoms with E-state index in [0.717, 1.165) is 17.3 Å². The van der Waals surface area contributed by atoms with Crippen LogP contribution in [0.25, 0.3) is 0 Å². The molecule has 2 aliphatic heterocycles. The van der Waals surface area contributed by atoms with E-state index in [0.29, 0.717) is 11.8 Å². The Hall–Kier alpha value is -0.310. The maximum atomic E-state index is 11.5. The third-order valence-corrected chi connectivity index (χ3v) is 3.75.